The maximum Gasteiger partial charge on any atom is 0.109 e. The Morgan fingerprint density at radius 2 is 2.26 bits per heavy atom. The number of nitrogens with two attached hydrogens (primary N) is 1. The molecule has 98 valence electrons. The van der Waals surface area contributed by atoms with Crippen LogP contribution in [-0.4, -0.2) is 14.5 Å². The topological polar surface area (TPSA) is 56.7 Å². The van der Waals surface area contributed by atoms with Crippen LogP contribution in [0.4, 0.5) is 5.69 Å². The van der Waals surface area contributed by atoms with Gasteiger partial charge in [-0.25, -0.2) is 9.97 Å². The maximum absolute atomic E-state index is 5.82. The molecule has 0 saturated carbocycles. The normalized spacial score (nSPS) is 11.2. The van der Waals surface area contributed by atoms with Crippen LogP contribution in [-0.2, 0) is 19.4 Å². The van der Waals surface area contributed by atoms with E-state index in [1.165, 1.54) is 0 Å². The first kappa shape index (κ1) is 12.2. The smallest absolute Gasteiger partial charge is 0.109 e. The lowest BCUT2D eigenvalue weighted by Crippen LogP contribution is -2.05. The van der Waals surface area contributed by atoms with Gasteiger partial charge in [-0.05, 0) is 18.2 Å². The predicted octanol–water partition coefficient (Wildman–Crippen LogP) is 2.88. The molecule has 0 atom stereocenters. The maximum atomic E-state index is 5.82. The Labute approximate surface area is 115 Å². The van der Waals surface area contributed by atoms with Gasteiger partial charge in [-0.2, -0.15) is 0 Å². The van der Waals surface area contributed by atoms with Crippen molar-refractivity contribution in [3.63, 3.8) is 0 Å². The van der Waals surface area contributed by atoms with Crippen molar-refractivity contribution < 1.29 is 0 Å². The minimum Gasteiger partial charge on any atom is -0.399 e. The third kappa shape index (κ3) is 2.33. The van der Waals surface area contributed by atoms with Gasteiger partial charge in [-0.1, -0.05) is 6.92 Å². The van der Waals surface area contributed by atoms with Gasteiger partial charge < -0.3 is 10.3 Å². The fraction of sp³-hybridized carbons (Fsp3) is 0.286. The van der Waals surface area contributed by atoms with E-state index in [1.54, 1.807) is 11.3 Å². The van der Waals surface area contributed by atoms with Crippen molar-refractivity contribution in [2.75, 3.05) is 5.73 Å². The van der Waals surface area contributed by atoms with Crippen LogP contribution in [0.3, 0.4) is 0 Å². The fourth-order valence-electron chi connectivity index (χ4n) is 2.30. The van der Waals surface area contributed by atoms with E-state index in [-0.39, 0.29) is 0 Å². The van der Waals surface area contributed by atoms with Gasteiger partial charge in [0.2, 0.25) is 0 Å². The van der Waals surface area contributed by atoms with E-state index >= 15 is 0 Å². The van der Waals surface area contributed by atoms with Crippen LogP contribution in [0.25, 0.3) is 11.0 Å². The van der Waals surface area contributed by atoms with E-state index < -0.39 is 0 Å². The monoisotopic (exact) mass is 272 g/mol. The highest BCUT2D eigenvalue weighted by Crippen LogP contribution is 2.20. The van der Waals surface area contributed by atoms with Crippen molar-refractivity contribution >= 4 is 28.1 Å². The Bertz CT molecular complexity index is 685. The summed E-state index contributed by atoms with van der Waals surface area (Å²) in [5, 5.41) is 2.10. The molecule has 0 bridgehead atoms. The standard InChI is InChI=1S/C14H16N4S/c1-2-14-17-12-7-10(15)3-4-13(12)18(14)6-5-11-8-19-9-16-11/h3-4,7-9H,2,5-6,15H2,1H3. The van der Waals surface area contributed by atoms with Crippen LogP contribution < -0.4 is 5.73 Å². The third-order valence-corrected chi connectivity index (χ3v) is 3.88. The van der Waals surface area contributed by atoms with E-state index in [0.717, 1.165) is 47.6 Å². The van der Waals surface area contributed by atoms with Gasteiger partial charge >= 0.3 is 0 Å². The van der Waals surface area contributed by atoms with E-state index in [4.69, 9.17) is 5.73 Å². The van der Waals surface area contributed by atoms with Crippen LogP contribution in [0.5, 0.6) is 0 Å². The van der Waals surface area contributed by atoms with Gasteiger partial charge in [0.1, 0.15) is 5.82 Å². The summed E-state index contributed by atoms with van der Waals surface area (Å²) in [6.07, 6.45) is 1.86. The summed E-state index contributed by atoms with van der Waals surface area (Å²) >= 11 is 1.64. The molecule has 3 aromatic rings. The van der Waals surface area contributed by atoms with Crippen LogP contribution in [0.1, 0.15) is 18.4 Å². The van der Waals surface area contributed by atoms with Crippen molar-refractivity contribution in [3.8, 4) is 0 Å². The fourth-order valence-corrected chi connectivity index (χ4v) is 2.90. The summed E-state index contributed by atoms with van der Waals surface area (Å²) in [5.41, 5.74) is 11.7. The second-order valence-electron chi connectivity index (χ2n) is 4.51. The number of imidazole rings is 1. The number of nitrogens with zero attached hydrogens (tertiary/aromatic N) is 3. The molecule has 0 radical (unpaired) electrons. The van der Waals surface area contributed by atoms with Gasteiger partial charge in [0, 0.05) is 30.5 Å². The number of benzene rings is 1. The summed E-state index contributed by atoms with van der Waals surface area (Å²) < 4.78 is 2.27. The number of hydrogen-bond donors (Lipinski definition) is 1. The zero-order valence-corrected chi connectivity index (χ0v) is 11.7. The van der Waals surface area contributed by atoms with Gasteiger partial charge in [-0.3, -0.25) is 0 Å². The molecular weight excluding hydrogens is 256 g/mol. The van der Waals surface area contributed by atoms with Gasteiger partial charge in [0.15, 0.2) is 0 Å². The molecule has 5 heteroatoms. The molecule has 0 fully saturated rings. The molecule has 0 aliphatic heterocycles. The van der Waals surface area contributed by atoms with Gasteiger partial charge in [-0.15, -0.1) is 11.3 Å². The molecule has 0 unspecified atom stereocenters. The molecule has 4 nitrogen and oxygen atoms in total. The molecule has 0 spiro atoms. The Kier molecular flexibility index (Phi) is 3.21. The lowest BCUT2D eigenvalue weighted by Gasteiger charge is -2.06. The Morgan fingerprint density at radius 3 is 3.00 bits per heavy atom. The first-order chi connectivity index (χ1) is 9.28. The average molecular weight is 272 g/mol. The summed E-state index contributed by atoms with van der Waals surface area (Å²) in [4.78, 5) is 8.99. The Morgan fingerprint density at radius 1 is 1.37 bits per heavy atom. The van der Waals surface area contributed by atoms with Crippen molar-refractivity contribution in [3.05, 3.63) is 40.6 Å². The van der Waals surface area contributed by atoms with Gasteiger partial charge in [0.25, 0.3) is 0 Å². The highest BCUT2D eigenvalue weighted by atomic mass is 32.1. The largest absolute Gasteiger partial charge is 0.399 e. The number of hydrogen-bond acceptors (Lipinski definition) is 4. The highest BCUT2D eigenvalue weighted by molar-refractivity contribution is 7.07. The number of rotatable bonds is 4. The minimum atomic E-state index is 0.763. The zero-order chi connectivity index (χ0) is 13.2. The number of thiazole rings is 1. The number of fused-ring (bicyclic) bond motifs is 1. The van der Waals surface area contributed by atoms with Crippen molar-refractivity contribution in [1.82, 2.24) is 14.5 Å². The molecule has 1 aromatic carbocycles. The average Bonchev–Trinajstić information content (AvgIpc) is 3.02. The third-order valence-electron chi connectivity index (χ3n) is 3.24. The highest BCUT2D eigenvalue weighted by Gasteiger charge is 2.09. The summed E-state index contributed by atoms with van der Waals surface area (Å²) in [7, 11) is 0. The molecule has 2 heterocycles. The molecule has 2 aromatic heterocycles. The second-order valence-corrected chi connectivity index (χ2v) is 5.23. The number of anilines is 1. The molecule has 3 rings (SSSR count). The van der Waals surface area contributed by atoms with Crippen molar-refractivity contribution in [2.45, 2.75) is 26.3 Å². The van der Waals surface area contributed by atoms with Gasteiger partial charge in [0.05, 0.1) is 22.2 Å². The lowest BCUT2D eigenvalue weighted by atomic mass is 10.2. The minimum absolute atomic E-state index is 0.763. The Hall–Kier alpha value is -1.88. The first-order valence-corrected chi connectivity index (χ1v) is 7.34. The molecule has 0 amide bonds. The lowest BCUT2D eigenvalue weighted by molar-refractivity contribution is 0.667. The molecule has 0 aliphatic carbocycles. The summed E-state index contributed by atoms with van der Waals surface area (Å²) in [6.45, 7) is 3.04. The van der Waals surface area contributed by atoms with Crippen LogP contribution >= 0.6 is 11.3 Å². The van der Waals surface area contributed by atoms with Crippen LogP contribution in [0.2, 0.25) is 0 Å². The van der Waals surface area contributed by atoms with Crippen molar-refractivity contribution in [1.29, 1.82) is 0 Å². The molecule has 19 heavy (non-hydrogen) atoms. The number of aromatic nitrogens is 3. The SMILES string of the molecule is CCc1nc2cc(N)ccc2n1CCc1cscn1. The number of nitrogen functional groups attached to an aromatic ring is 1. The second kappa shape index (κ2) is 5.01. The van der Waals surface area contributed by atoms with E-state index in [9.17, 15) is 0 Å². The van der Waals surface area contributed by atoms with E-state index in [0.29, 0.717) is 0 Å². The summed E-state index contributed by atoms with van der Waals surface area (Å²) in [5.74, 6) is 1.11. The summed E-state index contributed by atoms with van der Waals surface area (Å²) in [6, 6.07) is 5.93. The number of aryl methyl sites for hydroxylation is 3. The Balaban J connectivity index is 1.96. The molecule has 2 N–H and O–H groups in total. The first-order valence-electron chi connectivity index (χ1n) is 6.39. The zero-order valence-electron chi connectivity index (χ0n) is 10.8. The quantitative estimate of drug-likeness (QED) is 0.743. The van der Waals surface area contributed by atoms with E-state index in [1.807, 2.05) is 17.6 Å². The molecular formula is C14H16N4S. The van der Waals surface area contributed by atoms with Crippen LogP contribution in [0.15, 0.2) is 29.1 Å². The van der Waals surface area contributed by atoms with Crippen molar-refractivity contribution in [2.24, 2.45) is 0 Å². The van der Waals surface area contributed by atoms with Crippen LogP contribution in [0, 0.1) is 0 Å². The predicted molar refractivity (Wildman–Crippen MR) is 79.3 cm³/mol. The molecule has 0 saturated heterocycles. The molecule has 0 aliphatic rings. The van der Waals surface area contributed by atoms with E-state index in [2.05, 4.69) is 32.9 Å².